The first-order valence-electron chi connectivity index (χ1n) is 10.6. The lowest BCUT2D eigenvalue weighted by Crippen LogP contribution is -2.44. The zero-order valence-electron chi connectivity index (χ0n) is 16.9. The number of hydrogen-bond acceptors (Lipinski definition) is 4. The summed E-state index contributed by atoms with van der Waals surface area (Å²) in [5.74, 6) is 0.413. The molecule has 1 heterocycles. The lowest BCUT2D eigenvalue weighted by molar-refractivity contribution is -0.128. The van der Waals surface area contributed by atoms with E-state index in [2.05, 4.69) is 0 Å². The fourth-order valence-electron chi connectivity index (χ4n) is 5.18. The maximum Gasteiger partial charge on any atom is 0.335 e. The average molecular weight is 455 g/mol. The molecule has 5 nitrogen and oxygen atoms in total. The number of benzene rings is 2. The zero-order chi connectivity index (χ0) is 21.5. The maximum atomic E-state index is 13.5. The summed E-state index contributed by atoms with van der Waals surface area (Å²) >= 11 is 7.86. The van der Waals surface area contributed by atoms with E-state index < -0.39 is 5.97 Å². The Balaban J connectivity index is 1.45. The molecule has 160 valence electrons. The lowest BCUT2D eigenvalue weighted by atomic mass is 9.94. The van der Waals surface area contributed by atoms with Gasteiger partial charge in [0.05, 0.1) is 16.5 Å². The minimum absolute atomic E-state index is 0.114. The van der Waals surface area contributed by atoms with E-state index in [9.17, 15) is 9.59 Å². The van der Waals surface area contributed by atoms with Crippen LogP contribution in [-0.4, -0.2) is 38.3 Å². The van der Waals surface area contributed by atoms with Crippen LogP contribution in [0.25, 0.3) is 0 Å². The van der Waals surface area contributed by atoms with Crippen LogP contribution in [0.2, 0.25) is 5.02 Å². The number of aromatic carboxylic acids is 1. The van der Waals surface area contributed by atoms with Gasteiger partial charge in [0.25, 0.3) is 0 Å². The van der Waals surface area contributed by atoms with Crippen molar-refractivity contribution >= 4 is 46.1 Å². The molecule has 3 aliphatic rings. The Hall–Kier alpha value is -2.31. The van der Waals surface area contributed by atoms with Gasteiger partial charge in [-0.1, -0.05) is 48.0 Å². The molecular formula is C24H23ClN2O3S. The summed E-state index contributed by atoms with van der Waals surface area (Å²) in [7, 11) is 0. The number of hydrogen-bond donors (Lipinski definition) is 1. The molecule has 2 aromatic rings. The summed E-state index contributed by atoms with van der Waals surface area (Å²) in [4.78, 5) is 31.4. The number of amidine groups is 1. The molecule has 3 fully saturated rings. The summed E-state index contributed by atoms with van der Waals surface area (Å²) in [6.45, 7) is 0. The van der Waals surface area contributed by atoms with Crippen molar-refractivity contribution in [3.8, 4) is 0 Å². The number of fused-ring (bicyclic) bond motifs is 2. The van der Waals surface area contributed by atoms with Crippen molar-refractivity contribution in [2.24, 2.45) is 16.8 Å². The third kappa shape index (κ3) is 3.99. The quantitative estimate of drug-likeness (QED) is 0.656. The Morgan fingerprint density at radius 3 is 2.55 bits per heavy atom. The van der Waals surface area contributed by atoms with Crippen molar-refractivity contribution in [1.82, 2.24) is 4.90 Å². The number of nitrogens with zero attached hydrogens (tertiary/aromatic N) is 2. The van der Waals surface area contributed by atoms with E-state index in [0.29, 0.717) is 29.0 Å². The average Bonchev–Trinajstić information content (AvgIpc) is 3.45. The maximum absolute atomic E-state index is 13.5. The number of carboxylic acid groups (broad SMARTS) is 1. The summed E-state index contributed by atoms with van der Waals surface area (Å²) in [6.07, 6.45) is 5.27. The molecule has 2 saturated carbocycles. The van der Waals surface area contributed by atoms with E-state index in [4.69, 9.17) is 21.7 Å². The van der Waals surface area contributed by atoms with E-state index in [-0.39, 0.29) is 22.8 Å². The van der Waals surface area contributed by atoms with Gasteiger partial charge in [0.1, 0.15) is 0 Å². The third-order valence-electron chi connectivity index (χ3n) is 6.70. The molecule has 1 aliphatic heterocycles. The second-order valence-electron chi connectivity index (χ2n) is 8.60. The van der Waals surface area contributed by atoms with Crippen LogP contribution in [0.15, 0.2) is 53.5 Å². The van der Waals surface area contributed by atoms with Crippen molar-refractivity contribution in [2.75, 3.05) is 0 Å². The van der Waals surface area contributed by atoms with Gasteiger partial charge in [-0.3, -0.25) is 9.69 Å². The Morgan fingerprint density at radius 1 is 1.13 bits per heavy atom. The van der Waals surface area contributed by atoms with Gasteiger partial charge in [0.2, 0.25) is 5.91 Å². The number of halogens is 1. The molecule has 0 aromatic heterocycles. The molecule has 1 amide bonds. The van der Waals surface area contributed by atoms with Crippen LogP contribution < -0.4 is 0 Å². The first-order chi connectivity index (χ1) is 15.0. The number of aliphatic imine (C=N–C) groups is 1. The number of rotatable bonds is 5. The number of carbonyl (C=O) groups is 2. The van der Waals surface area contributed by atoms with E-state index in [1.165, 1.54) is 31.0 Å². The monoisotopic (exact) mass is 454 g/mol. The van der Waals surface area contributed by atoms with Crippen LogP contribution >= 0.6 is 23.4 Å². The van der Waals surface area contributed by atoms with Crippen LogP contribution in [0.3, 0.4) is 0 Å². The van der Waals surface area contributed by atoms with Crippen molar-refractivity contribution in [2.45, 2.75) is 43.4 Å². The van der Waals surface area contributed by atoms with Gasteiger partial charge in [-0.15, -0.1) is 0 Å². The van der Waals surface area contributed by atoms with Gasteiger partial charge in [0, 0.05) is 11.1 Å². The summed E-state index contributed by atoms with van der Waals surface area (Å²) in [6, 6.07) is 14.4. The lowest BCUT2D eigenvalue weighted by Gasteiger charge is -2.31. The first-order valence-corrected chi connectivity index (χ1v) is 11.9. The van der Waals surface area contributed by atoms with E-state index >= 15 is 0 Å². The number of amides is 1. The highest BCUT2D eigenvalue weighted by Gasteiger charge is 2.49. The molecule has 2 aromatic carbocycles. The van der Waals surface area contributed by atoms with Gasteiger partial charge in [-0.2, -0.15) is 0 Å². The predicted molar refractivity (Wildman–Crippen MR) is 123 cm³/mol. The molecule has 7 heteroatoms. The molecule has 1 N–H and O–H groups in total. The molecule has 2 bridgehead atoms. The molecule has 2 aliphatic carbocycles. The minimum Gasteiger partial charge on any atom is -0.478 e. The topological polar surface area (TPSA) is 70.0 Å². The van der Waals surface area contributed by atoms with Gasteiger partial charge in [-0.25, -0.2) is 9.79 Å². The van der Waals surface area contributed by atoms with Crippen molar-refractivity contribution in [1.29, 1.82) is 0 Å². The summed E-state index contributed by atoms with van der Waals surface area (Å²) < 4.78 is 0. The van der Waals surface area contributed by atoms with Crippen LogP contribution in [0.4, 0.5) is 5.69 Å². The van der Waals surface area contributed by atoms with E-state index in [0.717, 1.165) is 17.2 Å². The highest BCUT2D eigenvalue weighted by molar-refractivity contribution is 8.15. The zero-order valence-corrected chi connectivity index (χ0v) is 18.5. The highest BCUT2D eigenvalue weighted by atomic mass is 35.5. The smallest absolute Gasteiger partial charge is 0.335 e. The van der Waals surface area contributed by atoms with Crippen molar-refractivity contribution in [3.05, 3.63) is 64.7 Å². The number of carboxylic acids is 1. The molecule has 31 heavy (non-hydrogen) atoms. The van der Waals surface area contributed by atoms with Crippen molar-refractivity contribution < 1.29 is 14.7 Å². The second-order valence-corrected chi connectivity index (χ2v) is 10.2. The first kappa shape index (κ1) is 20.6. The molecule has 0 spiro atoms. The van der Waals surface area contributed by atoms with Gasteiger partial charge in [0.15, 0.2) is 5.17 Å². The van der Waals surface area contributed by atoms with E-state index in [1.54, 1.807) is 24.3 Å². The standard InChI is InChI=1S/C24H23ClN2O3S/c25-19-4-2-1-3-16(19)13-21-22(28)27(20-12-14-5-6-17(20)11-14)24(31-21)26-18-9-7-15(8-10-18)23(29)30/h1-4,7-10,14,17,20-21H,5-6,11-13H2,(H,29,30)/t14-,17-,20+,21-/m0/s1. The SMILES string of the molecule is O=C(O)c1ccc(N=C2S[C@@H](Cc3ccccc3Cl)C(=O)N2[C@@H]2C[C@H]3CC[C@H]2C3)cc1. The minimum atomic E-state index is -0.965. The molecule has 0 unspecified atom stereocenters. The second kappa shape index (κ2) is 8.32. The molecule has 0 radical (unpaired) electrons. The molecular weight excluding hydrogens is 432 g/mol. The van der Waals surface area contributed by atoms with Crippen LogP contribution in [0.1, 0.15) is 41.6 Å². The third-order valence-corrected chi connectivity index (χ3v) is 8.22. The predicted octanol–water partition coefficient (Wildman–Crippen LogP) is 5.40. The summed E-state index contributed by atoms with van der Waals surface area (Å²) in [5, 5.41) is 10.3. The number of carbonyl (C=O) groups excluding carboxylic acids is 1. The number of thioether (sulfide) groups is 1. The molecule has 5 rings (SSSR count). The largest absolute Gasteiger partial charge is 0.478 e. The van der Waals surface area contributed by atoms with Crippen LogP contribution in [-0.2, 0) is 11.2 Å². The van der Waals surface area contributed by atoms with E-state index in [1.807, 2.05) is 29.2 Å². The summed E-state index contributed by atoms with van der Waals surface area (Å²) in [5.41, 5.74) is 1.85. The van der Waals surface area contributed by atoms with Gasteiger partial charge >= 0.3 is 5.97 Å². The Morgan fingerprint density at radius 2 is 1.90 bits per heavy atom. The fraction of sp³-hybridized carbons (Fsp3) is 0.375. The highest BCUT2D eigenvalue weighted by Crippen LogP contribution is 2.49. The normalized spacial score (nSPS) is 28.6. The molecule has 4 atom stereocenters. The van der Waals surface area contributed by atoms with Gasteiger partial charge in [-0.05, 0) is 73.4 Å². The van der Waals surface area contributed by atoms with Crippen LogP contribution in [0, 0.1) is 11.8 Å². The van der Waals surface area contributed by atoms with Crippen LogP contribution in [0.5, 0.6) is 0 Å². The van der Waals surface area contributed by atoms with Crippen molar-refractivity contribution in [3.63, 3.8) is 0 Å². The Kier molecular flexibility index (Phi) is 5.52. The fourth-order valence-corrected chi connectivity index (χ4v) is 6.62. The van der Waals surface area contributed by atoms with Gasteiger partial charge < -0.3 is 5.11 Å². The Bertz CT molecular complexity index is 1060. The Labute approximate surface area is 190 Å². The molecule has 1 saturated heterocycles.